The van der Waals surface area contributed by atoms with Crippen LogP contribution in [0, 0.1) is 16.0 Å². The van der Waals surface area contributed by atoms with E-state index >= 15 is 0 Å². The van der Waals surface area contributed by atoms with E-state index in [2.05, 4.69) is 5.32 Å². The van der Waals surface area contributed by atoms with Crippen LogP contribution >= 0.6 is 0 Å². The first-order valence-corrected chi connectivity index (χ1v) is 11.3. The lowest BCUT2D eigenvalue weighted by Crippen LogP contribution is -2.28. The Kier molecular flexibility index (Phi) is 7.62. The van der Waals surface area contributed by atoms with Gasteiger partial charge in [-0.05, 0) is 42.5 Å². The largest absolute Gasteiger partial charge is 0.493 e. The highest BCUT2D eigenvalue weighted by molar-refractivity contribution is 6.00. The molecule has 1 heterocycles. The van der Waals surface area contributed by atoms with E-state index in [0.717, 1.165) is 0 Å². The molecule has 11 nitrogen and oxygen atoms in total. The number of amides is 2. The number of methoxy groups -OCH3 is 1. The molecule has 2 amide bonds. The molecule has 1 saturated heterocycles. The van der Waals surface area contributed by atoms with Crippen molar-refractivity contribution in [1.82, 2.24) is 0 Å². The third-order valence-electron chi connectivity index (χ3n) is 5.59. The van der Waals surface area contributed by atoms with Crippen LogP contribution in [-0.4, -0.2) is 43.0 Å². The number of ether oxygens (including phenoxy) is 3. The summed E-state index contributed by atoms with van der Waals surface area (Å²) in [5.41, 5.74) is 0.616. The van der Waals surface area contributed by atoms with Crippen molar-refractivity contribution in [1.29, 1.82) is 0 Å². The summed E-state index contributed by atoms with van der Waals surface area (Å²) in [5.74, 6) is -0.634. The average Bonchev–Trinajstić information content (AvgIpc) is 3.29. The van der Waals surface area contributed by atoms with E-state index in [1.54, 1.807) is 43.5 Å². The van der Waals surface area contributed by atoms with E-state index in [1.807, 2.05) is 12.1 Å². The van der Waals surface area contributed by atoms with Gasteiger partial charge < -0.3 is 24.4 Å². The van der Waals surface area contributed by atoms with Gasteiger partial charge in [0.1, 0.15) is 5.75 Å². The third kappa shape index (κ3) is 6.20. The summed E-state index contributed by atoms with van der Waals surface area (Å²) < 4.78 is 16.2. The number of nitrogens with zero attached hydrogens (tertiary/aromatic N) is 2. The van der Waals surface area contributed by atoms with Crippen LogP contribution in [0.1, 0.15) is 6.42 Å². The zero-order valence-electron chi connectivity index (χ0n) is 19.8. The lowest BCUT2D eigenvalue weighted by molar-refractivity contribution is -0.384. The fourth-order valence-corrected chi connectivity index (χ4v) is 3.79. The van der Waals surface area contributed by atoms with Gasteiger partial charge in [-0.1, -0.05) is 18.2 Å². The van der Waals surface area contributed by atoms with Crippen LogP contribution in [0.3, 0.4) is 0 Å². The molecule has 0 saturated carbocycles. The average molecular weight is 505 g/mol. The Bertz CT molecular complexity index is 1330. The van der Waals surface area contributed by atoms with Gasteiger partial charge in [0.15, 0.2) is 18.1 Å². The second kappa shape index (κ2) is 11.2. The Labute approximate surface area is 211 Å². The molecule has 0 bridgehead atoms. The van der Waals surface area contributed by atoms with Crippen LogP contribution in [-0.2, 0) is 19.1 Å². The van der Waals surface area contributed by atoms with E-state index < -0.39 is 29.3 Å². The van der Waals surface area contributed by atoms with Crippen molar-refractivity contribution >= 4 is 34.8 Å². The maximum absolute atomic E-state index is 12.6. The van der Waals surface area contributed by atoms with Crippen molar-refractivity contribution in [2.24, 2.45) is 5.92 Å². The van der Waals surface area contributed by atoms with Gasteiger partial charge in [0.25, 0.3) is 11.6 Å². The van der Waals surface area contributed by atoms with Gasteiger partial charge in [0.05, 0.1) is 18.0 Å². The lowest BCUT2D eigenvalue weighted by Gasteiger charge is -2.17. The second-order valence-electron chi connectivity index (χ2n) is 8.12. The topological polar surface area (TPSA) is 137 Å². The molecule has 3 aromatic carbocycles. The molecule has 0 radical (unpaired) electrons. The number of esters is 1. The summed E-state index contributed by atoms with van der Waals surface area (Å²) in [6.07, 6.45) is -0.0508. The number of anilines is 2. The van der Waals surface area contributed by atoms with Gasteiger partial charge in [0.2, 0.25) is 5.91 Å². The van der Waals surface area contributed by atoms with Crippen LogP contribution in [0.4, 0.5) is 17.1 Å². The number of carbonyl (C=O) groups is 3. The van der Waals surface area contributed by atoms with E-state index in [1.165, 1.54) is 29.2 Å². The van der Waals surface area contributed by atoms with Gasteiger partial charge in [0, 0.05) is 36.5 Å². The maximum atomic E-state index is 12.6. The minimum Gasteiger partial charge on any atom is -0.493 e. The Hall–Kier alpha value is -4.93. The minimum absolute atomic E-state index is 0.0508. The fourth-order valence-electron chi connectivity index (χ4n) is 3.79. The summed E-state index contributed by atoms with van der Waals surface area (Å²) in [7, 11) is 1.55. The van der Waals surface area contributed by atoms with Crippen molar-refractivity contribution in [2.75, 3.05) is 30.5 Å². The number of hydrogen-bond donors (Lipinski definition) is 1. The molecule has 1 N–H and O–H groups in total. The van der Waals surface area contributed by atoms with Crippen LogP contribution in [0.2, 0.25) is 0 Å². The van der Waals surface area contributed by atoms with E-state index in [9.17, 15) is 24.5 Å². The zero-order valence-corrected chi connectivity index (χ0v) is 19.8. The maximum Gasteiger partial charge on any atom is 0.311 e. The monoisotopic (exact) mass is 505 g/mol. The van der Waals surface area contributed by atoms with E-state index in [-0.39, 0.29) is 30.2 Å². The number of non-ortho nitro benzene ring substituents is 1. The number of carbonyl (C=O) groups excluding carboxylic acids is 3. The van der Waals surface area contributed by atoms with Crippen molar-refractivity contribution < 1.29 is 33.5 Å². The first kappa shape index (κ1) is 25.2. The number of para-hydroxylation sites is 2. The fraction of sp³-hybridized carbons (Fsp3) is 0.192. The summed E-state index contributed by atoms with van der Waals surface area (Å²) in [6, 6.07) is 19.4. The van der Waals surface area contributed by atoms with Crippen molar-refractivity contribution in [3.05, 3.63) is 82.9 Å². The predicted octanol–water partition coefficient (Wildman–Crippen LogP) is 3.93. The number of nitro benzene ring substituents is 1. The minimum atomic E-state index is -0.734. The van der Waals surface area contributed by atoms with E-state index in [0.29, 0.717) is 22.9 Å². The molecule has 0 unspecified atom stereocenters. The molecule has 1 aliphatic rings. The Balaban J connectivity index is 1.30. The lowest BCUT2D eigenvalue weighted by atomic mass is 10.1. The third-order valence-corrected chi connectivity index (χ3v) is 5.59. The number of benzene rings is 3. The SMILES string of the molecule is COc1ccccc1Oc1ccc(N2C[C@H](C(=O)OCC(=O)Nc3cccc([N+](=O)[O-])c3)CC2=O)cc1. The molecule has 4 rings (SSSR count). The number of nitro groups is 1. The van der Waals surface area contributed by atoms with Gasteiger partial charge in [-0.15, -0.1) is 0 Å². The van der Waals surface area contributed by atoms with Crippen molar-refractivity contribution in [3.8, 4) is 17.2 Å². The van der Waals surface area contributed by atoms with Crippen molar-refractivity contribution in [2.45, 2.75) is 6.42 Å². The molecule has 11 heteroatoms. The Morgan fingerprint density at radius 2 is 1.78 bits per heavy atom. The van der Waals surface area contributed by atoms with Crippen LogP contribution in [0.5, 0.6) is 17.2 Å². The molecule has 1 fully saturated rings. The molecule has 1 atom stereocenters. The number of rotatable bonds is 9. The van der Waals surface area contributed by atoms with Crippen LogP contribution in [0.15, 0.2) is 72.8 Å². The number of hydrogen-bond acceptors (Lipinski definition) is 8. The molecule has 190 valence electrons. The summed E-state index contributed by atoms with van der Waals surface area (Å²) in [5, 5.41) is 13.3. The molecule has 3 aromatic rings. The summed E-state index contributed by atoms with van der Waals surface area (Å²) >= 11 is 0. The van der Waals surface area contributed by atoms with Gasteiger partial charge >= 0.3 is 5.97 Å². The molecular formula is C26H23N3O8. The molecule has 0 aromatic heterocycles. The Morgan fingerprint density at radius 1 is 1.05 bits per heavy atom. The highest BCUT2D eigenvalue weighted by atomic mass is 16.6. The normalized spacial score (nSPS) is 14.7. The van der Waals surface area contributed by atoms with Crippen molar-refractivity contribution in [3.63, 3.8) is 0 Å². The molecule has 37 heavy (non-hydrogen) atoms. The van der Waals surface area contributed by atoms with Gasteiger partial charge in [-0.2, -0.15) is 0 Å². The molecule has 0 spiro atoms. The summed E-state index contributed by atoms with van der Waals surface area (Å²) in [4.78, 5) is 48.9. The highest BCUT2D eigenvalue weighted by Crippen LogP contribution is 2.33. The summed E-state index contributed by atoms with van der Waals surface area (Å²) in [6.45, 7) is -0.474. The number of nitrogens with one attached hydrogen (secondary N) is 1. The Morgan fingerprint density at radius 3 is 2.49 bits per heavy atom. The first-order valence-electron chi connectivity index (χ1n) is 11.3. The van der Waals surface area contributed by atoms with E-state index in [4.69, 9.17) is 14.2 Å². The van der Waals surface area contributed by atoms with Gasteiger partial charge in [-0.3, -0.25) is 24.5 Å². The molecular weight excluding hydrogens is 482 g/mol. The second-order valence-corrected chi connectivity index (χ2v) is 8.12. The standard InChI is InChI=1S/C26H23N3O8/c1-35-22-7-2-3-8-23(22)37-21-11-9-19(10-12-21)28-15-17(13-25(28)31)26(32)36-16-24(30)27-18-5-4-6-20(14-18)29(33)34/h2-12,14,17H,13,15-16H2,1H3,(H,27,30)/t17-/m1/s1. The smallest absolute Gasteiger partial charge is 0.311 e. The molecule has 1 aliphatic heterocycles. The van der Waals surface area contributed by atoms with Crippen LogP contribution < -0.4 is 19.7 Å². The predicted molar refractivity (Wildman–Crippen MR) is 133 cm³/mol. The quantitative estimate of drug-likeness (QED) is 0.262. The van der Waals surface area contributed by atoms with Gasteiger partial charge in [-0.25, -0.2) is 0 Å². The van der Waals surface area contributed by atoms with Crippen LogP contribution in [0.25, 0.3) is 0 Å². The highest BCUT2D eigenvalue weighted by Gasteiger charge is 2.36. The first-order chi connectivity index (χ1) is 17.8. The molecule has 0 aliphatic carbocycles. The zero-order chi connectivity index (χ0) is 26.4.